The van der Waals surface area contributed by atoms with Crippen molar-refractivity contribution in [2.24, 2.45) is 0 Å². The highest BCUT2D eigenvalue weighted by atomic mass is 32.1. The number of hydrogen-bond donors (Lipinski definition) is 0. The summed E-state index contributed by atoms with van der Waals surface area (Å²) in [6.07, 6.45) is 10.8. The molecule has 0 radical (unpaired) electrons. The zero-order valence-electron chi connectivity index (χ0n) is 9.30. The van der Waals surface area contributed by atoms with Crippen molar-refractivity contribution in [3.63, 3.8) is 0 Å². The maximum absolute atomic E-state index is 4.51. The summed E-state index contributed by atoms with van der Waals surface area (Å²) >= 11 is 1.78. The van der Waals surface area contributed by atoms with Gasteiger partial charge in [-0.25, -0.2) is 4.98 Å². The third kappa shape index (κ3) is 1.80. The Labute approximate surface area is 100.0 Å². The molecule has 1 aliphatic carbocycles. The Bertz CT molecular complexity index is 438. The SMILES string of the molecule is c1csc(-c2nccn2C2CCCCC2)c1. The Balaban J connectivity index is 1.92. The molecule has 1 saturated carbocycles. The van der Waals surface area contributed by atoms with E-state index in [2.05, 4.69) is 33.3 Å². The molecule has 0 N–H and O–H groups in total. The zero-order chi connectivity index (χ0) is 10.8. The van der Waals surface area contributed by atoms with Gasteiger partial charge in [0.05, 0.1) is 4.88 Å². The molecule has 2 nitrogen and oxygen atoms in total. The summed E-state index contributed by atoms with van der Waals surface area (Å²) in [5, 5.41) is 2.12. The van der Waals surface area contributed by atoms with Crippen LogP contribution in [0.1, 0.15) is 38.1 Å². The van der Waals surface area contributed by atoms with Crippen molar-refractivity contribution in [3.05, 3.63) is 29.9 Å². The molecule has 16 heavy (non-hydrogen) atoms. The average molecular weight is 232 g/mol. The lowest BCUT2D eigenvalue weighted by Gasteiger charge is -2.24. The number of rotatable bonds is 2. The van der Waals surface area contributed by atoms with E-state index in [9.17, 15) is 0 Å². The summed E-state index contributed by atoms with van der Waals surface area (Å²) in [6.45, 7) is 0. The van der Waals surface area contributed by atoms with Crippen molar-refractivity contribution >= 4 is 11.3 Å². The lowest BCUT2D eigenvalue weighted by atomic mass is 9.95. The fourth-order valence-electron chi connectivity index (χ4n) is 2.56. The highest BCUT2D eigenvalue weighted by molar-refractivity contribution is 7.13. The monoisotopic (exact) mass is 232 g/mol. The topological polar surface area (TPSA) is 17.8 Å². The second kappa shape index (κ2) is 4.42. The molecule has 0 spiro atoms. The Morgan fingerprint density at radius 2 is 2.12 bits per heavy atom. The number of thiophene rings is 1. The van der Waals surface area contributed by atoms with Crippen molar-refractivity contribution in [1.29, 1.82) is 0 Å². The van der Waals surface area contributed by atoms with Crippen LogP contribution in [0.4, 0.5) is 0 Å². The predicted octanol–water partition coefficient (Wildman–Crippen LogP) is 4.12. The maximum Gasteiger partial charge on any atom is 0.150 e. The molecule has 1 fully saturated rings. The van der Waals surface area contributed by atoms with Crippen LogP contribution in [0.25, 0.3) is 10.7 Å². The lowest BCUT2D eigenvalue weighted by Crippen LogP contribution is -2.12. The fraction of sp³-hybridized carbons (Fsp3) is 0.462. The second-order valence-corrected chi connectivity index (χ2v) is 5.37. The van der Waals surface area contributed by atoms with Gasteiger partial charge in [0.2, 0.25) is 0 Å². The van der Waals surface area contributed by atoms with Gasteiger partial charge in [0, 0.05) is 18.4 Å². The molecule has 0 saturated heterocycles. The Morgan fingerprint density at radius 1 is 1.25 bits per heavy atom. The molecular formula is C13H16N2S. The molecule has 1 aliphatic rings. The maximum atomic E-state index is 4.51. The minimum absolute atomic E-state index is 0.674. The van der Waals surface area contributed by atoms with Crippen LogP contribution in [-0.4, -0.2) is 9.55 Å². The van der Waals surface area contributed by atoms with Gasteiger partial charge in [-0.2, -0.15) is 0 Å². The van der Waals surface area contributed by atoms with E-state index in [-0.39, 0.29) is 0 Å². The molecule has 3 rings (SSSR count). The highest BCUT2D eigenvalue weighted by Gasteiger charge is 2.18. The van der Waals surface area contributed by atoms with E-state index < -0.39 is 0 Å². The van der Waals surface area contributed by atoms with E-state index in [1.165, 1.54) is 37.0 Å². The van der Waals surface area contributed by atoms with Crippen molar-refractivity contribution in [2.45, 2.75) is 38.1 Å². The first-order valence-corrected chi connectivity index (χ1v) is 6.90. The third-order valence-electron chi connectivity index (χ3n) is 3.38. The minimum Gasteiger partial charge on any atom is -0.327 e. The van der Waals surface area contributed by atoms with Crippen LogP contribution in [-0.2, 0) is 0 Å². The van der Waals surface area contributed by atoms with E-state index in [0.717, 1.165) is 5.82 Å². The van der Waals surface area contributed by atoms with Gasteiger partial charge in [-0.15, -0.1) is 11.3 Å². The summed E-state index contributed by atoms with van der Waals surface area (Å²) in [7, 11) is 0. The highest BCUT2D eigenvalue weighted by Crippen LogP contribution is 2.32. The van der Waals surface area contributed by atoms with Crippen LogP contribution in [0.3, 0.4) is 0 Å². The summed E-state index contributed by atoms with van der Waals surface area (Å²) < 4.78 is 2.38. The van der Waals surface area contributed by atoms with Crippen molar-refractivity contribution < 1.29 is 0 Å². The van der Waals surface area contributed by atoms with Gasteiger partial charge in [0.1, 0.15) is 5.82 Å². The molecule has 0 bridgehead atoms. The van der Waals surface area contributed by atoms with E-state index in [4.69, 9.17) is 0 Å². The fourth-order valence-corrected chi connectivity index (χ4v) is 3.29. The smallest absolute Gasteiger partial charge is 0.150 e. The standard InChI is InChI=1S/C13H16N2S/c1-2-5-11(6-3-1)15-9-8-14-13(15)12-7-4-10-16-12/h4,7-11H,1-3,5-6H2. The molecule has 84 valence electrons. The molecule has 0 aliphatic heterocycles. The Morgan fingerprint density at radius 3 is 2.88 bits per heavy atom. The quantitative estimate of drug-likeness (QED) is 0.761. The number of nitrogens with zero attached hydrogens (tertiary/aromatic N) is 2. The van der Waals surface area contributed by atoms with Gasteiger partial charge in [0.15, 0.2) is 0 Å². The first kappa shape index (κ1) is 10.1. The first-order valence-electron chi connectivity index (χ1n) is 6.02. The van der Waals surface area contributed by atoms with Crippen LogP contribution in [0.2, 0.25) is 0 Å². The Kier molecular flexibility index (Phi) is 2.79. The molecule has 0 amide bonds. The second-order valence-electron chi connectivity index (χ2n) is 4.43. The number of aromatic nitrogens is 2. The van der Waals surface area contributed by atoms with Crippen LogP contribution < -0.4 is 0 Å². The molecule has 0 aromatic carbocycles. The predicted molar refractivity (Wildman–Crippen MR) is 67.7 cm³/mol. The van der Waals surface area contributed by atoms with Gasteiger partial charge in [-0.1, -0.05) is 25.3 Å². The normalized spacial score (nSPS) is 17.8. The number of imidazole rings is 1. The average Bonchev–Trinajstić information content (AvgIpc) is 3.01. The molecule has 0 atom stereocenters. The largest absolute Gasteiger partial charge is 0.327 e. The van der Waals surface area contributed by atoms with Crippen molar-refractivity contribution in [1.82, 2.24) is 9.55 Å². The molecule has 2 aromatic rings. The van der Waals surface area contributed by atoms with Crippen LogP contribution in [0, 0.1) is 0 Å². The summed E-state index contributed by atoms with van der Waals surface area (Å²) in [4.78, 5) is 5.79. The van der Waals surface area contributed by atoms with Crippen LogP contribution in [0.15, 0.2) is 29.9 Å². The van der Waals surface area contributed by atoms with Gasteiger partial charge in [0.25, 0.3) is 0 Å². The number of hydrogen-bond acceptors (Lipinski definition) is 2. The first-order chi connectivity index (χ1) is 7.95. The minimum atomic E-state index is 0.674. The summed E-state index contributed by atoms with van der Waals surface area (Å²) in [5.41, 5.74) is 0. The summed E-state index contributed by atoms with van der Waals surface area (Å²) in [6, 6.07) is 4.93. The van der Waals surface area contributed by atoms with E-state index in [0.29, 0.717) is 6.04 Å². The van der Waals surface area contributed by atoms with Crippen molar-refractivity contribution in [3.8, 4) is 10.7 Å². The summed E-state index contributed by atoms with van der Waals surface area (Å²) in [5.74, 6) is 1.15. The van der Waals surface area contributed by atoms with Gasteiger partial charge in [-0.3, -0.25) is 0 Å². The van der Waals surface area contributed by atoms with Crippen LogP contribution in [0.5, 0.6) is 0 Å². The lowest BCUT2D eigenvalue weighted by molar-refractivity contribution is 0.356. The van der Waals surface area contributed by atoms with Crippen LogP contribution >= 0.6 is 11.3 Å². The van der Waals surface area contributed by atoms with Gasteiger partial charge >= 0.3 is 0 Å². The zero-order valence-corrected chi connectivity index (χ0v) is 10.1. The molecule has 2 aromatic heterocycles. The molecule has 2 heterocycles. The van der Waals surface area contributed by atoms with Gasteiger partial charge in [-0.05, 0) is 24.3 Å². The van der Waals surface area contributed by atoms with Crippen molar-refractivity contribution in [2.75, 3.05) is 0 Å². The third-order valence-corrected chi connectivity index (χ3v) is 4.24. The van der Waals surface area contributed by atoms with E-state index in [1.807, 2.05) is 6.20 Å². The van der Waals surface area contributed by atoms with Gasteiger partial charge < -0.3 is 4.57 Å². The molecule has 3 heteroatoms. The van der Waals surface area contributed by atoms with E-state index in [1.54, 1.807) is 11.3 Å². The van der Waals surface area contributed by atoms with E-state index >= 15 is 0 Å². The Hall–Kier alpha value is -1.09. The molecular weight excluding hydrogens is 216 g/mol. The molecule has 0 unspecified atom stereocenters.